The van der Waals surface area contributed by atoms with E-state index in [0.29, 0.717) is 5.69 Å². The molecule has 0 radical (unpaired) electrons. The molecule has 1 N–H and O–H groups in total. The highest BCUT2D eigenvalue weighted by atomic mass is 32.1. The van der Waals surface area contributed by atoms with Crippen molar-refractivity contribution in [3.05, 3.63) is 11.1 Å². The summed E-state index contributed by atoms with van der Waals surface area (Å²) in [4.78, 5) is 17.0. The Morgan fingerprint density at radius 1 is 1.75 bits per heavy atom. The van der Waals surface area contributed by atoms with Gasteiger partial charge in [-0.25, -0.2) is 4.98 Å². The average Bonchev–Trinajstić information content (AvgIpc) is 2.72. The van der Waals surface area contributed by atoms with E-state index in [4.69, 9.17) is 5.11 Å². The first-order chi connectivity index (χ1) is 7.56. The van der Waals surface area contributed by atoms with Crippen LogP contribution in [0.25, 0.3) is 0 Å². The highest BCUT2D eigenvalue weighted by Crippen LogP contribution is 2.38. The van der Waals surface area contributed by atoms with Gasteiger partial charge in [0, 0.05) is 19.0 Å². The minimum absolute atomic E-state index is 0.0180. The zero-order chi connectivity index (χ0) is 11.7. The molecule has 1 aromatic rings. The molecule has 0 aliphatic heterocycles. The molecule has 2 atom stereocenters. The molecular formula is C11H16N2O2S. The molecule has 16 heavy (non-hydrogen) atoms. The lowest BCUT2D eigenvalue weighted by atomic mass is 10.3. The maximum Gasteiger partial charge on any atom is 0.309 e. The number of carboxylic acid groups (broad SMARTS) is 1. The standard InChI is InChI=1S/C11H16N2O2S/c1-7-3-8(7)5-13(2)11-12-9(6-16-11)4-10(14)15/h6-8H,3-5H2,1-2H3,(H,14,15). The van der Waals surface area contributed by atoms with E-state index < -0.39 is 5.97 Å². The van der Waals surface area contributed by atoms with Crippen LogP contribution in [-0.2, 0) is 11.2 Å². The molecule has 0 amide bonds. The first kappa shape index (κ1) is 11.4. The average molecular weight is 240 g/mol. The van der Waals surface area contributed by atoms with Crippen LogP contribution < -0.4 is 4.90 Å². The van der Waals surface area contributed by atoms with Crippen molar-refractivity contribution in [3.63, 3.8) is 0 Å². The molecule has 0 aromatic carbocycles. The van der Waals surface area contributed by atoms with Crippen molar-refractivity contribution in [2.45, 2.75) is 19.8 Å². The van der Waals surface area contributed by atoms with Crippen LogP contribution in [0.15, 0.2) is 5.38 Å². The molecule has 1 saturated carbocycles. The molecule has 1 aromatic heterocycles. The number of anilines is 1. The molecule has 0 saturated heterocycles. The molecule has 4 nitrogen and oxygen atoms in total. The largest absolute Gasteiger partial charge is 0.481 e. The zero-order valence-corrected chi connectivity index (χ0v) is 10.3. The van der Waals surface area contributed by atoms with E-state index in [1.807, 2.05) is 12.4 Å². The lowest BCUT2D eigenvalue weighted by Gasteiger charge is -2.14. The van der Waals surface area contributed by atoms with Gasteiger partial charge >= 0.3 is 5.97 Å². The Hall–Kier alpha value is -1.10. The van der Waals surface area contributed by atoms with Crippen molar-refractivity contribution in [3.8, 4) is 0 Å². The summed E-state index contributed by atoms with van der Waals surface area (Å²) in [6.07, 6.45) is 1.32. The fraction of sp³-hybridized carbons (Fsp3) is 0.636. The predicted octanol–water partition coefficient (Wildman–Crippen LogP) is 1.86. The molecule has 1 aliphatic carbocycles. The summed E-state index contributed by atoms with van der Waals surface area (Å²) in [5.74, 6) is 0.799. The van der Waals surface area contributed by atoms with Crippen molar-refractivity contribution in [2.75, 3.05) is 18.5 Å². The fourth-order valence-corrected chi connectivity index (χ4v) is 2.59. The molecule has 5 heteroatoms. The number of rotatable bonds is 5. The summed E-state index contributed by atoms with van der Waals surface area (Å²) in [6, 6.07) is 0. The normalized spacial score (nSPS) is 23.1. The van der Waals surface area contributed by atoms with E-state index >= 15 is 0 Å². The fourth-order valence-electron chi connectivity index (χ4n) is 1.79. The molecule has 1 heterocycles. The Morgan fingerprint density at radius 2 is 2.44 bits per heavy atom. The molecule has 0 spiro atoms. The summed E-state index contributed by atoms with van der Waals surface area (Å²) < 4.78 is 0. The van der Waals surface area contributed by atoms with Gasteiger partial charge in [0.25, 0.3) is 0 Å². The number of aliphatic carboxylic acids is 1. The van der Waals surface area contributed by atoms with Gasteiger partial charge in [-0.05, 0) is 18.3 Å². The van der Waals surface area contributed by atoms with Crippen LogP contribution in [0.4, 0.5) is 5.13 Å². The number of nitrogens with zero attached hydrogens (tertiary/aromatic N) is 2. The molecule has 1 fully saturated rings. The Labute approximate surface area is 98.9 Å². The van der Waals surface area contributed by atoms with E-state index in [-0.39, 0.29) is 6.42 Å². The van der Waals surface area contributed by atoms with Crippen LogP contribution in [0, 0.1) is 11.8 Å². The Kier molecular flexibility index (Phi) is 3.14. The summed E-state index contributed by atoms with van der Waals surface area (Å²) in [7, 11) is 2.02. The van der Waals surface area contributed by atoms with Crippen molar-refractivity contribution < 1.29 is 9.90 Å². The van der Waals surface area contributed by atoms with Gasteiger partial charge in [-0.2, -0.15) is 0 Å². The summed E-state index contributed by atoms with van der Waals surface area (Å²) in [5, 5.41) is 11.4. The van der Waals surface area contributed by atoms with Crippen molar-refractivity contribution in [2.24, 2.45) is 11.8 Å². The van der Waals surface area contributed by atoms with E-state index in [2.05, 4.69) is 16.8 Å². The maximum absolute atomic E-state index is 10.5. The maximum atomic E-state index is 10.5. The number of thiazole rings is 1. The molecule has 88 valence electrons. The first-order valence-electron chi connectivity index (χ1n) is 5.43. The van der Waals surface area contributed by atoms with Gasteiger partial charge in [-0.1, -0.05) is 6.92 Å². The molecular weight excluding hydrogens is 224 g/mol. The van der Waals surface area contributed by atoms with E-state index in [0.717, 1.165) is 23.5 Å². The number of aromatic nitrogens is 1. The van der Waals surface area contributed by atoms with Gasteiger partial charge in [-0.3, -0.25) is 4.79 Å². The van der Waals surface area contributed by atoms with Crippen LogP contribution in [-0.4, -0.2) is 29.7 Å². The Bertz CT molecular complexity index is 391. The predicted molar refractivity (Wildman–Crippen MR) is 64.0 cm³/mol. The second-order valence-corrected chi connectivity index (χ2v) is 5.38. The van der Waals surface area contributed by atoms with E-state index in [9.17, 15) is 4.79 Å². The van der Waals surface area contributed by atoms with Crippen LogP contribution in [0.5, 0.6) is 0 Å². The number of hydrogen-bond acceptors (Lipinski definition) is 4. The SMILES string of the molecule is CC1CC1CN(C)c1nc(CC(=O)O)cs1. The summed E-state index contributed by atoms with van der Waals surface area (Å²) in [6.45, 7) is 3.29. The second kappa shape index (κ2) is 4.41. The minimum Gasteiger partial charge on any atom is -0.481 e. The third-order valence-electron chi connectivity index (χ3n) is 2.98. The van der Waals surface area contributed by atoms with Crippen LogP contribution in [0.3, 0.4) is 0 Å². The summed E-state index contributed by atoms with van der Waals surface area (Å²) in [5.41, 5.74) is 0.656. The molecule has 0 bridgehead atoms. The van der Waals surface area contributed by atoms with Gasteiger partial charge in [0.15, 0.2) is 5.13 Å². The quantitative estimate of drug-likeness (QED) is 0.853. The van der Waals surface area contributed by atoms with Crippen LogP contribution in [0.1, 0.15) is 19.0 Å². The topological polar surface area (TPSA) is 53.4 Å². The summed E-state index contributed by atoms with van der Waals surface area (Å²) >= 11 is 1.52. The first-order valence-corrected chi connectivity index (χ1v) is 6.31. The number of carbonyl (C=O) groups is 1. The van der Waals surface area contributed by atoms with Crippen LogP contribution >= 0.6 is 11.3 Å². The Morgan fingerprint density at radius 3 is 3.00 bits per heavy atom. The van der Waals surface area contributed by atoms with Gasteiger partial charge in [0.2, 0.25) is 0 Å². The third-order valence-corrected chi connectivity index (χ3v) is 3.99. The monoisotopic (exact) mass is 240 g/mol. The van der Waals surface area contributed by atoms with E-state index in [1.54, 1.807) is 0 Å². The third kappa shape index (κ3) is 2.72. The Balaban J connectivity index is 1.92. The van der Waals surface area contributed by atoms with Gasteiger partial charge in [0.1, 0.15) is 0 Å². The molecule has 1 aliphatic rings. The van der Waals surface area contributed by atoms with Gasteiger partial charge < -0.3 is 10.0 Å². The highest BCUT2D eigenvalue weighted by molar-refractivity contribution is 7.13. The van der Waals surface area contributed by atoms with Gasteiger partial charge in [-0.15, -0.1) is 11.3 Å². The zero-order valence-electron chi connectivity index (χ0n) is 9.51. The van der Waals surface area contributed by atoms with Crippen molar-refractivity contribution in [1.29, 1.82) is 0 Å². The molecule has 2 unspecified atom stereocenters. The minimum atomic E-state index is -0.824. The molecule has 2 rings (SSSR count). The van der Waals surface area contributed by atoms with Crippen LogP contribution in [0.2, 0.25) is 0 Å². The van der Waals surface area contributed by atoms with Crippen molar-refractivity contribution in [1.82, 2.24) is 4.98 Å². The number of hydrogen-bond donors (Lipinski definition) is 1. The van der Waals surface area contributed by atoms with Gasteiger partial charge in [0.05, 0.1) is 12.1 Å². The smallest absolute Gasteiger partial charge is 0.309 e. The van der Waals surface area contributed by atoms with Crippen molar-refractivity contribution >= 4 is 22.4 Å². The van der Waals surface area contributed by atoms with E-state index in [1.165, 1.54) is 17.8 Å². The lowest BCUT2D eigenvalue weighted by molar-refractivity contribution is -0.136. The second-order valence-electron chi connectivity index (χ2n) is 4.55. The highest BCUT2D eigenvalue weighted by Gasteiger charge is 2.33. The number of carboxylic acids is 1. The lowest BCUT2D eigenvalue weighted by Crippen LogP contribution is -2.20.